The number of hydrogen-bond acceptors (Lipinski definition) is 1. The van der Waals surface area contributed by atoms with Crippen molar-refractivity contribution in [1.29, 1.82) is 0 Å². The highest BCUT2D eigenvalue weighted by Crippen LogP contribution is 2.47. The molecule has 4 aromatic rings. The molecule has 2 N–H and O–H groups in total. The number of amides is 2. The third-order valence-corrected chi connectivity index (χ3v) is 6.58. The van der Waals surface area contributed by atoms with Gasteiger partial charge >= 0.3 is 6.03 Å². The molecule has 0 aliphatic rings. The van der Waals surface area contributed by atoms with E-state index in [-0.39, 0.29) is 0 Å². The van der Waals surface area contributed by atoms with Crippen LogP contribution in [0.25, 0.3) is 22.3 Å². The highest BCUT2D eigenvalue weighted by atomic mass is 35.5. The van der Waals surface area contributed by atoms with Crippen molar-refractivity contribution in [1.82, 2.24) is 0 Å². The Bertz CT molecular complexity index is 1200. The second-order valence-corrected chi connectivity index (χ2v) is 8.49. The Morgan fingerprint density at radius 2 is 0.969 bits per heavy atom. The molecule has 0 unspecified atom stereocenters. The van der Waals surface area contributed by atoms with Gasteiger partial charge in [-0.3, -0.25) is 4.90 Å². The summed E-state index contributed by atoms with van der Waals surface area (Å²) in [5.41, 5.74) is 9.54. The van der Waals surface area contributed by atoms with Crippen molar-refractivity contribution < 1.29 is 4.79 Å². The van der Waals surface area contributed by atoms with Crippen molar-refractivity contribution in [2.75, 3.05) is 4.90 Å². The number of hydrogen-bond donors (Lipinski definition) is 1. The van der Waals surface area contributed by atoms with E-state index in [1.54, 1.807) is 24.3 Å². The lowest BCUT2D eigenvalue weighted by molar-refractivity contribution is 0.256. The van der Waals surface area contributed by atoms with Crippen LogP contribution >= 0.6 is 46.4 Å². The van der Waals surface area contributed by atoms with Gasteiger partial charge in [0.25, 0.3) is 0 Å². The van der Waals surface area contributed by atoms with Crippen LogP contribution in [0.5, 0.6) is 0 Å². The van der Waals surface area contributed by atoms with Crippen LogP contribution in [0.1, 0.15) is 0 Å². The van der Waals surface area contributed by atoms with Crippen LogP contribution in [-0.2, 0) is 0 Å². The normalized spacial score (nSPS) is 10.8. The highest BCUT2D eigenvalue weighted by molar-refractivity contribution is 6.45. The summed E-state index contributed by atoms with van der Waals surface area (Å²) in [6.45, 7) is 0. The van der Waals surface area contributed by atoms with E-state index in [0.717, 1.165) is 11.1 Å². The Morgan fingerprint density at radius 1 is 0.594 bits per heavy atom. The summed E-state index contributed by atoms with van der Waals surface area (Å²) in [5.74, 6) is 0. The Labute approximate surface area is 205 Å². The third-order valence-electron chi connectivity index (χ3n) is 4.97. The zero-order valence-electron chi connectivity index (χ0n) is 16.5. The maximum atomic E-state index is 12.9. The number of primary amides is 1. The molecule has 0 spiro atoms. The van der Waals surface area contributed by atoms with Gasteiger partial charge in [-0.25, -0.2) is 4.79 Å². The van der Waals surface area contributed by atoms with Crippen LogP contribution < -0.4 is 10.6 Å². The van der Waals surface area contributed by atoms with Crippen LogP contribution in [0.2, 0.25) is 20.1 Å². The SMILES string of the molecule is NC(=O)N(c1ccc(Cl)c(Cl)c1-c1ccccc1)c1ccc(Cl)c(Cl)c1-c1ccccc1. The van der Waals surface area contributed by atoms with Crippen molar-refractivity contribution >= 4 is 63.8 Å². The molecular weight excluding hydrogens is 486 g/mol. The van der Waals surface area contributed by atoms with E-state index in [4.69, 9.17) is 52.1 Å². The molecule has 0 fully saturated rings. The second-order valence-electron chi connectivity index (χ2n) is 6.92. The number of carbonyl (C=O) groups excluding carboxylic acids is 1. The average Bonchev–Trinajstić information content (AvgIpc) is 2.80. The predicted molar refractivity (Wildman–Crippen MR) is 136 cm³/mol. The zero-order valence-corrected chi connectivity index (χ0v) is 19.6. The molecule has 2 amide bonds. The second kappa shape index (κ2) is 9.43. The average molecular weight is 502 g/mol. The maximum absolute atomic E-state index is 12.9. The number of nitrogens with two attached hydrogens (primary N) is 1. The Hall–Kier alpha value is -2.69. The quantitative estimate of drug-likeness (QED) is 0.298. The van der Waals surface area contributed by atoms with E-state index in [1.165, 1.54) is 4.90 Å². The van der Waals surface area contributed by atoms with Crippen LogP contribution in [0.3, 0.4) is 0 Å². The summed E-state index contributed by atoms with van der Waals surface area (Å²) in [7, 11) is 0. The number of anilines is 2. The molecule has 4 rings (SSSR count). The van der Waals surface area contributed by atoms with Crippen molar-refractivity contribution in [3.8, 4) is 22.3 Å². The minimum atomic E-state index is -0.712. The molecule has 0 saturated carbocycles. The molecule has 0 saturated heterocycles. The minimum absolute atomic E-state index is 0.308. The van der Waals surface area contributed by atoms with E-state index in [2.05, 4.69) is 0 Å². The van der Waals surface area contributed by atoms with Gasteiger partial charge in [-0.1, -0.05) is 107 Å². The molecule has 3 nitrogen and oxygen atoms in total. The molecule has 0 aliphatic carbocycles. The van der Waals surface area contributed by atoms with E-state index in [9.17, 15) is 4.79 Å². The van der Waals surface area contributed by atoms with Crippen molar-refractivity contribution in [2.24, 2.45) is 5.73 Å². The molecule has 0 heterocycles. The summed E-state index contributed by atoms with van der Waals surface area (Å²) < 4.78 is 0. The summed E-state index contributed by atoms with van der Waals surface area (Å²) in [5, 5.41) is 1.33. The lowest BCUT2D eigenvalue weighted by Gasteiger charge is -2.27. The number of urea groups is 1. The Balaban J connectivity index is 2.04. The predicted octanol–water partition coefficient (Wildman–Crippen LogP) is 8.85. The molecule has 160 valence electrons. The molecule has 0 aromatic heterocycles. The van der Waals surface area contributed by atoms with E-state index < -0.39 is 6.03 Å². The monoisotopic (exact) mass is 500 g/mol. The van der Waals surface area contributed by atoms with Gasteiger partial charge in [-0.05, 0) is 35.4 Å². The standard InChI is InChI=1S/C25H16Cl4N2O/c26-17-11-13-19(21(23(17)28)15-7-3-1-4-8-15)31(25(30)32)20-14-12-18(27)24(29)22(20)16-9-5-2-6-10-16/h1-14H,(H2,30,32). The van der Waals surface area contributed by atoms with Crippen LogP contribution in [0.4, 0.5) is 16.2 Å². The fourth-order valence-electron chi connectivity index (χ4n) is 3.58. The van der Waals surface area contributed by atoms with E-state index in [0.29, 0.717) is 42.6 Å². The molecule has 32 heavy (non-hydrogen) atoms. The Kier molecular flexibility index (Phi) is 6.63. The molecule has 4 aromatic carbocycles. The van der Waals surface area contributed by atoms with Gasteiger partial charge in [-0.2, -0.15) is 0 Å². The lowest BCUT2D eigenvalue weighted by atomic mass is 9.99. The van der Waals surface area contributed by atoms with Gasteiger partial charge in [0.15, 0.2) is 0 Å². The fraction of sp³-hybridized carbons (Fsp3) is 0. The number of benzene rings is 4. The smallest absolute Gasteiger partial charge is 0.323 e. The zero-order chi connectivity index (χ0) is 22.8. The fourth-order valence-corrected chi connectivity index (χ4v) is 4.43. The molecule has 0 atom stereocenters. The van der Waals surface area contributed by atoms with E-state index >= 15 is 0 Å². The first-order valence-electron chi connectivity index (χ1n) is 9.56. The summed E-state index contributed by atoms with van der Waals surface area (Å²) >= 11 is 25.9. The number of rotatable bonds is 4. The first kappa shape index (κ1) is 22.5. The summed E-state index contributed by atoms with van der Waals surface area (Å²) in [6, 6.07) is 24.8. The lowest BCUT2D eigenvalue weighted by Crippen LogP contribution is -2.32. The van der Waals surface area contributed by atoms with Crippen molar-refractivity contribution in [3.05, 3.63) is 105 Å². The van der Waals surface area contributed by atoms with Crippen LogP contribution in [-0.4, -0.2) is 6.03 Å². The number of carbonyl (C=O) groups is 1. The first-order valence-corrected chi connectivity index (χ1v) is 11.1. The molecule has 0 aliphatic heterocycles. The minimum Gasteiger partial charge on any atom is -0.351 e. The first-order chi connectivity index (χ1) is 15.4. The maximum Gasteiger partial charge on any atom is 0.323 e. The van der Waals surface area contributed by atoms with Gasteiger partial charge in [-0.15, -0.1) is 0 Å². The molecule has 0 radical (unpaired) electrons. The van der Waals surface area contributed by atoms with Crippen molar-refractivity contribution in [3.63, 3.8) is 0 Å². The Morgan fingerprint density at radius 3 is 1.31 bits per heavy atom. The number of halogens is 4. The van der Waals surface area contributed by atoms with Crippen LogP contribution in [0.15, 0.2) is 84.9 Å². The molecule has 0 bridgehead atoms. The van der Waals surface area contributed by atoms with Gasteiger partial charge in [0.2, 0.25) is 0 Å². The van der Waals surface area contributed by atoms with Crippen molar-refractivity contribution in [2.45, 2.75) is 0 Å². The van der Waals surface area contributed by atoms with Gasteiger partial charge in [0, 0.05) is 11.1 Å². The van der Waals surface area contributed by atoms with E-state index in [1.807, 2.05) is 60.7 Å². The highest BCUT2D eigenvalue weighted by Gasteiger charge is 2.26. The van der Waals surface area contributed by atoms with Gasteiger partial charge < -0.3 is 5.73 Å². The third kappa shape index (κ3) is 4.17. The van der Waals surface area contributed by atoms with Gasteiger partial charge in [0.05, 0.1) is 31.5 Å². The summed E-state index contributed by atoms with van der Waals surface area (Å²) in [6.07, 6.45) is 0. The number of nitrogens with zero attached hydrogens (tertiary/aromatic N) is 1. The molecule has 7 heteroatoms. The van der Waals surface area contributed by atoms with Gasteiger partial charge in [0.1, 0.15) is 0 Å². The largest absolute Gasteiger partial charge is 0.351 e. The summed E-state index contributed by atoms with van der Waals surface area (Å²) in [4.78, 5) is 14.2. The molecular formula is C25H16Cl4N2O. The van der Waals surface area contributed by atoms with Crippen LogP contribution in [0, 0.1) is 0 Å². The topological polar surface area (TPSA) is 46.3 Å².